The number of carbonyl (C=O) groups is 1. The van der Waals surface area contributed by atoms with Crippen LogP contribution in [0, 0.1) is 0 Å². The summed E-state index contributed by atoms with van der Waals surface area (Å²) in [5.74, 6) is -0.171. The zero-order valence-corrected chi connectivity index (χ0v) is 16.1. The van der Waals surface area contributed by atoms with Gasteiger partial charge in [0.15, 0.2) is 0 Å². The number of anilines is 1. The summed E-state index contributed by atoms with van der Waals surface area (Å²) in [6.45, 7) is 2.43. The molecule has 11 heteroatoms. The third-order valence-electron chi connectivity index (χ3n) is 3.95. The number of aromatic nitrogens is 3. The van der Waals surface area contributed by atoms with Gasteiger partial charge in [-0.15, -0.1) is 5.10 Å². The van der Waals surface area contributed by atoms with Crippen LogP contribution in [0.5, 0.6) is 0 Å². The van der Waals surface area contributed by atoms with Crippen LogP contribution in [0.25, 0.3) is 11.7 Å². The van der Waals surface area contributed by atoms with E-state index < -0.39 is 15.9 Å². The minimum absolute atomic E-state index is 0.0735. The zero-order chi connectivity index (χ0) is 20.1. The zero-order valence-electron chi connectivity index (χ0n) is 15.3. The monoisotopic (exact) mass is 405 g/mol. The molecule has 0 saturated carbocycles. The van der Waals surface area contributed by atoms with E-state index in [4.69, 9.17) is 8.94 Å². The molecule has 0 radical (unpaired) electrons. The first kappa shape index (κ1) is 19.7. The van der Waals surface area contributed by atoms with Crippen LogP contribution in [0.3, 0.4) is 0 Å². The van der Waals surface area contributed by atoms with Crippen molar-refractivity contribution >= 4 is 21.9 Å². The molecule has 0 unspecified atom stereocenters. The van der Waals surface area contributed by atoms with E-state index in [1.807, 2.05) is 6.92 Å². The van der Waals surface area contributed by atoms with Gasteiger partial charge in [0.05, 0.1) is 11.1 Å². The molecule has 0 spiro atoms. The fraction of sp³-hybridized carbons (Fsp3) is 0.294. The molecule has 10 nitrogen and oxygen atoms in total. The summed E-state index contributed by atoms with van der Waals surface area (Å²) in [5.41, 5.74) is 0.245. The lowest BCUT2D eigenvalue weighted by atomic mass is 10.2. The van der Waals surface area contributed by atoms with Gasteiger partial charge in [-0.05, 0) is 30.7 Å². The maximum absolute atomic E-state index is 12.5. The largest absolute Gasteiger partial charge is 0.400 e. The summed E-state index contributed by atoms with van der Waals surface area (Å²) in [6, 6.07) is 7.04. The van der Waals surface area contributed by atoms with Crippen molar-refractivity contribution in [1.82, 2.24) is 19.7 Å². The molecular weight excluding hydrogens is 386 g/mol. The van der Waals surface area contributed by atoms with E-state index >= 15 is 0 Å². The van der Waals surface area contributed by atoms with E-state index in [0.29, 0.717) is 6.54 Å². The molecule has 0 aliphatic heterocycles. The van der Waals surface area contributed by atoms with Crippen molar-refractivity contribution in [2.45, 2.75) is 24.7 Å². The van der Waals surface area contributed by atoms with E-state index in [1.54, 1.807) is 0 Å². The van der Waals surface area contributed by atoms with Gasteiger partial charge in [0.25, 0.3) is 11.8 Å². The van der Waals surface area contributed by atoms with Crippen molar-refractivity contribution in [1.29, 1.82) is 0 Å². The lowest BCUT2D eigenvalue weighted by Gasteiger charge is -2.16. The number of sulfonamides is 1. The average molecular weight is 405 g/mol. The highest BCUT2D eigenvalue weighted by atomic mass is 32.2. The van der Waals surface area contributed by atoms with Crippen LogP contribution in [-0.4, -0.2) is 47.6 Å². The van der Waals surface area contributed by atoms with E-state index in [0.717, 1.165) is 12.8 Å². The predicted octanol–water partition coefficient (Wildman–Crippen LogP) is 2.40. The Balaban J connectivity index is 1.68. The smallest absolute Gasteiger partial charge is 0.322 e. The molecule has 0 bridgehead atoms. The summed E-state index contributed by atoms with van der Waals surface area (Å²) in [6.07, 6.45) is 3.09. The van der Waals surface area contributed by atoms with Gasteiger partial charge in [-0.2, -0.15) is 0 Å². The van der Waals surface area contributed by atoms with Gasteiger partial charge in [0.1, 0.15) is 0 Å². The van der Waals surface area contributed by atoms with Crippen molar-refractivity contribution in [2.75, 3.05) is 18.9 Å². The van der Waals surface area contributed by atoms with Crippen molar-refractivity contribution in [3.8, 4) is 11.7 Å². The van der Waals surface area contributed by atoms with Gasteiger partial charge >= 0.3 is 6.01 Å². The van der Waals surface area contributed by atoms with E-state index in [9.17, 15) is 13.2 Å². The lowest BCUT2D eigenvalue weighted by molar-refractivity contribution is 0.102. The molecule has 0 fully saturated rings. The van der Waals surface area contributed by atoms with Gasteiger partial charge in [-0.25, -0.2) is 12.7 Å². The van der Waals surface area contributed by atoms with Crippen LogP contribution in [0.1, 0.15) is 30.1 Å². The molecule has 28 heavy (non-hydrogen) atoms. The Kier molecular flexibility index (Phi) is 5.85. The second kappa shape index (κ2) is 8.31. The second-order valence-electron chi connectivity index (χ2n) is 5.95. The number of nitrogens with zero attached hydrogens (tertiary/aromatic N) is 4. The SMILES string of the molecule is CCCCN(C)S(=O)(=O)c1ccc(C(=O)Nc2nnc(-c3ccno3)o2)cc1. The molecule has 3 aromatic rings. The Hall–Kier alpha value is -3.05. The van der Waals surface area contributed by atoms with Gasteiger partial charge in [0.2, 0.25) is 15.8 Å². The Morgan fingerprint density at radius 3 is 2.57 bits per heavy atom. The number of nitrogens with one attached hydrogen (secondary N) is 1. The molecule has 2 heterocycles. The minimum Gasteiger partial charge on any atom is -0.400 e. The average Bonchev–Trinajstić information content (AvgIpc) is 3.37. The fourth-order valence-corrected chi connectivity index (χ4v) is 3.54. The first-order valence-corrected chi connectivity index (χ1v) is 9.98. The summed E-state index contributed by atoms with van der Waals surface area (Å²) >= 11 is 0. The number of carbonyl (C=O) groups excluding carboxylic acids is 1. The van der Waals surface area contributed by atoms with Crippen LogP contribution >= 0.6 is 0 Å². The molecule has 148 valence electrons. The van der Waals surface area contributed by atoms with Crippen LogP contribution < -0.4 is 5.32 Å². The van der Waals surface area contributed by atoms with Gasteiger partial charge < -0.3 is 8.94 Å². The second-order valence-corrected chi connectivity index (χ2v) is 7.99. The van der Waals surface area contributed by atoms with Crippen LogP contribution in [0.4, 0.5) is 6.01 Å². The lowest BCUT2D eigenvalue weighted by Crippen LogP contribution is -2.28. The topological polar surface area (TPSA) is 131 Å². The molecule has 1 N–H and O–H groups in total. The third-order valence-corrected chi connectivity index (χ3v) is 5.82. The Morgan fingerprint density at radius 2 is 1.93 bits per heavy atom. The van der Waals surface area contributed by atoms with Crippen molar-refractivity contribution in [3.63, 3.8) is 0 Å². The molecule has 3 rings (SSSR count). The highest BCUT2D eigenvalue weighted by Gasteiger charge is 2.21. The molecular formula is C17H19N5O5S. The van der Waals surface area contributed by atoms with Crippen molar-refractivity contribution in [2.24, 2.45) is 0 Å². The van der Waals surface area contributed by atoms with Crippen molar-refractivity contribution < 1.29 is 22.2 Å². The van der Waals surface area contributed by atoms with Crippen LogP contribution in [-0.2, 0) is 10.0 Å². The Labute approximate surface area is 161 Å². The molecule has 0 saturated heterocycles. The number of rotatable bonds is 8. The number of amides is 1. The maximum atomic E-state index is 12.5. The third kappa shape index (κ3) is 4.26. The van der Waals surface area contributed by atoms with Crippen LogP contribution in [0.15, 0.2) is 50.4 Å². The Morgan fingerprint density at radius 1 is 1.18 bits per heavy atom. The molecule has 0 aliphatic rings. The van der Waals surface area contributed by atoms with E-state index in [2.05, 4.69) is 20.7 Å². The summed E-state index contributed by atoms with van der Waals surface area (Å²) in [7, 11) is -2.05. The summed E-state index contributed by atoms with van der Waals surface area (Å²) < 4.78 is 36.5. The van der Waals surface area contributed by atoms with Gasteiger partial charge in [0, 0.05) is 25.2 Å². The maximum Gasteiger partial charge on any atom is 0.322 e. The summed E-state index contributed by atoms with van der Waals surface area (Å²) in [4.78, 5) is 12.4. The normalized spacial score (nSPS) is 11.7. The first-order valence-electron chi connectivity index (χ1n) is 8.54. The predicted molar refractivity (Wildman–Crippen MR) is 98.9 cm³/mol. The van der Waals surface area contributed by atoms with Gasteiger partial charge in [-0.1, -0.05) is 23.6 Å². The highest BCUT2D eigenvalue weighted by Crippen LogP contribution is 2.20. The number of hydrogen-bond donors (Lipinski definition) is 1. The number of unbranched alkanes of at least 4 members (excludes halogenated alkanes) is 1. The molecule has 1 amide bonds. The molecule has 0 atom stereocenters. The van der Waals surface area contributed by atoms with Crippen molar-refractivity contribution in [3.05, 3.63) is 42.1 Å². The van der Waals surface area contributed by atoms with E-state index in [1.165, 1.54) is 47.9 Å². The quantitative estimate of drug-likeness (QED) is 0.604. The Bertz CT molecular complexity index is 1030. The fourth-order valence-electron chi connectivity index (χ4n) is 2.33. The standard InChI is InChI=1S/C17H19N5O5S/c1-3-4-11-22(2)28(24,25)13-7-5-12(6-8-13)15(23)19-17-21-20-16(26-17)14-9-10-18-27-14/h5-10H,3-4,11H2,1-2H3,(H,19,21,23). The molecule has 0 aliphatic carbocycles. The van der Waals surface area contributed by atoms with E-state index in [-0.39, 0.29) is 28.1 Å². The first-order chi connectivity index (χ1) is 13.4. The van der Waals surface area contributed by atoms with Crippen LogP contribution in [0.2, 0.25) is 0 Å². The number of hydrogen-bond acceptors (Lipinski definition) is 8. The minimum atomic E-state index is -3.59. The summed E-state index contributed by atoms with van der Waals surface area (Å²) in [5, 5.41) is 13.4. The molecule has 1 aromatic carbocycles. The van der Waals surface area contributed by atoms with Gasteiger partial charge in [-0.3, -0.25) is 10.1 Å². The number of benzene rings is 1. The molecule has 2 aromatic heterocycles. The highest BCUT2D eigenvalue weighted by molar-refractivity contribution is 7.89.